The maximum absolute atomic E-state index is 12.7. The van der Waals surface area contributed by atoms with Gasteiger partial charge in [-0.05, 0) is 43.5 Å². The molecule has 2 amide bonds. The maximum atomic E-state index is 12.7. The first-order valence-corrected chi connectivity index (χ1v) is 10.3. The van der Waals surface area contributed by atoms with Crippen molar-refractivity contribution in [3.05, 3.63) is 65.9 Å². The largest absolute Gasteiger partial charge is 0.326 e. The molecule has 0 atom stereocenters. The van der Waals surface area contributed by atoms with Crippen LogP contribution in [-0.2, 0) is 16.1 Å². The Hall–Kier alpha value is -3.41. The number of hydrogen-bond acceptors (Lipinski definition) is 3. The van der Waals surface area contributed by atoms with Crippen LogP contribution in [0.25, 0.3) is 11.1 Å². The van der Waals surface area contributed by atoms with Gasteiger partial charge in [0.2, 0.25) is 11.8 Å². The van der Waals surface area contributed by atoms with Crippen molar-refractivity contribution in [1.82, 2.24) is 9.78 Å². The van der Waals surface area contributed by atoms with Crippen LogP contribution >= 0.6 is 0 Å². The first-order chi connectivity index (χ1) is 14.5. The number of rotatable bonds is 5. The quantitative estimate of drug-likeness (QED) is 0.691. The SMILES string of the molecule is Cc1cccc(-c2ccc(NC(=O)CCC(=O)N3CCCn4nc(C)cc43)cc2)c1. The molecule has 0 radical (unpaired) electrons. The van der Waals surface area contributed by atoms with Crippen molar-refractivity contribution in [3.63, 3.8) is 0 Å². The summed E-state index contributed by atoms with van der Waals surface area (Å²) in [6.45, 7) is 5.49. The number of nitrogens with one attached hydrogen (secondary N) is 1. The maximum Gasteiger partial charge on any atom is 0.228 e. The van der Waals surface area contributed by atoms with Crippen molar-refractivity contribution in [2.45, 2.75) is 39.7 Å². The molecule has 6 heteroatoms. The number of benzene rings is 2. The minimum absolute atomic E-state index is 0.0409. The third kappa shape index (κ3) is 4.43. The second-order valence-electron chi connectivity index (χ2n) is 7.76. The number of carbonyl (C=O) groups is 2. The Balaban J connectivity index is 1.32. The zero-order valence-electron chi connectivity index (χ0n) is 17.4. The number of fused-ring (bicyclic) bond motifs is 1. The van der Waals surface area contributed by atoms with Crippen LogP contribution < -0.4 is 10.2 Å². The number of aryl methyl sites for hydroxylation is 3. The molecule has 30 heavy (non-hydrogen) atoms. The van der Waals surface area contributed by atoms with E-state index in [2.05, 4.69) is 35.5 Å². The van der Waals surface area contributed by atoms with E-state index in [0.29, 0.717) is 6.54 Å². The summed E-state index contributed by atoms with van der Waals surface area (Å²) in [7, 11) is 0. The summed E-state index contributed by atoms with van der Waals surface area (Å²) < 4.78 is 1.87. The summed E-state index contributed by atoms with van der Waals surface area (Å²) >= 11 is 0. The fourth-order valence-corrected chi connectivity index (χ4v) is 3.81. The van der Waals surface area contributed by atoms with Crippen molar-refractivity contribution < 1.29 is 9.59 Å². The van der Waals surface area contributed by atoms with E-state index in [-0.39, 0.29) is 24.7 Å². The second kappa shape index (κ2) is 8.53. The predicted molar refractivity (Wildman–Crippen MR) is 118 cm³/mol. The molecule has 0 saturated heterocycles. The van der Waals surface area contributed by atoms with E-state index in [0.717, 1.165) is 41.3 Å². The normalized spacial score (nSPS) is 13.1. The van der Waals surface area contributed by atoms with Gasteiger partial charge in [-0.3, -0.25) is 14.5 Å². The molecule has 2 heterocycles. The minimum atomic E-state index is -0.159. The number of nitrogens with zero attached hydrogens (tertiary/aromatic N) is 3. The fourth-order valence-electron chi connectivity index (χ4n) is 3.81. The molecule has 1 N–H and O–H groups in total. The summed E-state index contributed by atoms with van der Waals surface area (Å²) in [6, 6.07) is 18.0. The molecule has 3 aromatic rings. The Morgan fingerprint density at radius 2 is 1.77 bits per heavy atom. The van der Waals surface area contributed by atoms with Crippen molar-refractivity contribution in [1.29, 1.82) is 0 Å². The van der Waals surface area contributed by atoms with Gasteiger partial charge in [-0.15, -0.1) is 0 Å². The van der Waals surface area contributed by atoms with E-state index in [1.807, 2.05) is 48.0 Å². The molecule has 2 aromatic carbocycles. The number of anilines is 2. The Labute approximate surface area is 176 Å². The Morgan fingerprint density at radius 1 is 0.967 bits per heavy atom. The van der Waals surface area contributed by atoms with Gasteiger partial charge in [-0.2, -0.15) is 5.10 Å². The lowest BCUT2D eigenvalue weighted by molar-refractivity contribution is -0.122. The second-order valence-corrected chi connectivity index (χ2v) is 7.76. The van der Waals surface area contributed by atoms with E-state index in [9.17, 15) is 9.59 Å². The van der Waals surface area contributed by atoms with Crippen LogP contribution in [0.1, 0.15) is 30.5 Å². The highest BCUT2D eigenvalue weighted by molar-refractivity contribution is 5.98. The van der Waals surface area contributed by atoms with Crippen molar-refractivity contribution in [3.8, 4) is 11.1 Å². The lowest BCUT2D eigenvalue weighted by Gasteiger charge is -2.27. The van der Waals surface area contributed by atoms with Crippen LogP contribution in [-0.4, -0.2) is 28.1 Å². The van der Waals surface area contributed by atoms with Gasteiger partial charge in [0.25, 0.3) is 0 Å². The molecule has 0 spiro atoms. The third-order valence-corrected chi connectivity index (χ3v) is 5.30. The summed E-state index contributed by atoms with van der Waals surface area (Å²) in [5.41, 5.74) is 5.09. The van der Waals surface area contributed by atoms with Gasteiger partial charge in [0.1, 0.15) is 5.82 Å². The van der Waals surface area contributed by atoms with Gasteiger partial charge in [-0.25, -0.2) is 4.68 Å². The summed E-state index contributed by atoms with van der Waals surface area (Å²) in [6.07, 6.45) is 1.21. The lowest BCUT2D eigenvalue weighted by Crippen LogP contribution is -2.37. The van der Waals surface area contributed by atoms with Crippen molar-refractivity contribution >= 4 is 23.3 Å². The van der Waals surface area contributed by atoms with E-state index in [4.69, 9.17) is 0 Å². The van der Waals surface area contributed by atoms with Crippen molar-refractivity contribution in [2.75, 3.05) is 16.8 Å². The van der Waals surface area contributed by atoms with Gasteiger partial charge >= 0.3 is 0 Å². The van der Waals surface area contributed by atoms with Crippen LogP contribution in [0, 0.1) is 13.8 Å². The third-order valence-electron chi connectivity index (χ3n) is 5.30. The molecule has 1 aliphatic rings. The zero-order valence-corrected chi connectivity index (χ0v) is 17.4. The van der Waals surface area contributed by atoms with Gasteiger partial charge < -0.3 is 5.32 Å². The van der Waals surface area contributed by atoms with Gasteiger partial charge in [0.15, 0.2) is 0 Å². The Bertz CT molecular complexity index is 1070. The highest BCUT2D eigenvalue weighted by atomic mass is 16.2. The predicted octanol–water partition coefficient (Wildman–Crippen LogP) is 4.32. The topological polar surface area (TPSA) is 67.2 Å². The number of hydrogen-bond donors (Lipinski definition) is 1. The van der Waals surface area contributed by atoms with Crippen LogP contribution in [0.4, 0.5) is 11.5 Å². The number of carbonyl (C=O) groups excluding carboxylic acids is 2. The molecule has 6 nitrogen and oxygen atoms in total. The molecular formula is C24H26N4O2. The molecule has 0 bridgehead atoms. The van der Waals surface area contributed by atoms with E-state index < -0.39 is 0 Å². The Morgan fingerprint density at radius 3 is 2.53 bits per heavy atom. The first kappa shape index (κ1) is 19.9. The standard InChI is InChI=1S/C24H26N4O2/c1-17-5-3-6-20(15-17)19-7-9-21(10-8-19)25-22(29)11-12-24(30)27-13-4-14-28-23(27)16-18(2)26-28/h3,5-10,15-16H,4,11-14H2,1-2H3,(H,25,29). The fraction of sp³-hybridized carbons (Fsp3) is 0.292. The molecule has 0 fully saturated rings. The van der Waals surface area contributed by atoms with Crippen LogP contribution in [0.3, 0.4) is 0 Å². The van der Waals surface area contributed by atoms with Crippen LogP contribution in [0.2, 0.25) is 0 Å². The number of amides is 2. The molecule has 0 unspecified atom stereocenters. The highest BCUT2D eigenvalue weighted by Crippen LogP contribution is 2.24. The molecule has 1 aliphatic heterocycles. The number of aromatic nitrogens is 2. The van der Waals surface area contributed by atoms with E-state index in [1.165, 1.54) is 5.56 Å². The smallest absolute Gasteiger partial charge is 0.228 e. The van der Waals surface area contributed by atoms with E-state index in [1.54, 1.807) is 4.90 Å². The molecular weight excluding hydrogens is 376 g/mol. The highest BCUT2D eigenvalue weighted by Gasteiger charge is 2.24. The van der Waals surface area contributed by atoms with Crippen molar-refractivity contribution in [2.24, 2.45) is 0 Å². The molecule has 1 aromatic heterocycles. The Kier molecular flexibility index (Phi) is 5.65. The van der Waals surface area contributed by atoms with Gasteiger partial charge in [0.05, 0.1) is 5.69 Å². The molecule has 4 rings (SSSR count). The average Bonchev–Trinajstić information content (AvgIpc) is 3.12. The van der Waals surface area contributed by atoms with Gasteiger partial charge in [0, 0.05) is 37.7 Å². The molecule has 154 valence electrons. The summed E-state index contributed by atoms with van der Waals surface area (Å²) in [5.74, 6) is 0.630. The summed E-state index contributed by atoms with van der Waals surface area (Å²) in [5, 5.41) is 7.30. The van der Waals surface area contributed by atoms with Gasteiger partial charge in [-0.1, -0.05) is 42.0 Å². The summed E-state index contributed by atoms with van der Waals surface area (Å²) in [4.78, 5) is 26.8. The molecule has 0 aliphatic carbocycles. The lowest BCUT2D eigenvalue weighted by atomic mass is 10.0. The zero-order chi connectivity index (χ0) is 21.1. The van der Waals surface area contributed by atoms with Crippen LogP contribution in [0.15, 0.2) is 54.6 Å². The molecule has 0 saturated carbocycles. The minimum Gasteiger partial charge on any atom is -0.326 e. The average molecular weight is 402 g/mol. The van der Waals surface area contributed by atoms with Crippen LogP contribution in [0.5, 0.6) is 0 Å². The monoisotopic (exact) mass is 402 g/mol. The first-order valence-electron chi connectivity index (χ1n) is 10.3. The van der Waals surface area contributed by atoms with E-state index >= 15 is 0 Å².